The van der Waals surface area contributed by atoms with Crippen LogP contribution < -0.4 is 5.32 Å². The number of benzene rings is 1. The molecule has 114 valence electrons. The highest BCUT2D eigenvalue weighted by molar-refractivity contribution is 5.32. The first-order valence-corrected chi connectivity index (χ1v) is 8.21. The van der Waals surface area contributed by atoms with Crippen molar-refractivity contribution in [3.8, 4) is 6.07 Å². The molecule has 0 saturated heterocycles. The topological polar surface area (TPSA) is 39.1 Å². The zero-order chi connectivity index (χ0) is 15.1. The molecule has 1 fully saturated rings. The third-order valence-corrected chi connectivity index (χ3v) is 4.03. The lowest BCUT2D eigenvalue weighted by molar-refractivity contribution is 0.209. The van der Waals surface area contributed by atoms with Gasteiger partial charge >= 0.3 is 0 Å². The Labute approximate surface area is 129 Å². The summed E-state index contributed by atoms with van der Waals surface area (Å²) in [6, 6.07) is 13.3. The van der Waals surface area contributed by atoms with Crippen LogP contribution in [-0.2, 0) is 5.54 Å². The van der Waals surface area contributed by atoms with Crippen LogP contribution in [0.2, 0.25) is 0 Å². The second-order valence-electron chi connectivity index (χ2n) is 6.08. The van der Waals surface area contributed by atoms with Crippen LogP contribution in [0.1, 0.15) is 45.1 Å². The largest absolute Gasteiger partial charge is 0.300 e. The van der Waals surface area contributed by atoms with Crippen molar-refractivity contribution < 1.29 is 0 Å². The van der Waals surface area contributed by atoms with E-state index in [2.05, 4.69) is 42.3 Å². The maximum absolute atomic E-state index is 9.95. The van der Waals surface area contributed by atoms with Crippen LogP contribution in [0.5, 0.6) is 0 Å². The van der Waals surface area contributed by atoms with E-state index < -0.39 is 5.54 Å². The van der Waals surface area contributed by atoms with Gasteiger partial charge in [0.1, 0.15) is 5.54 Å². The number of hydrogen-bond donors (Lipinski definition) is 1. The molecule has 0 aliphatic heterocycles. The van der Waals surface area contributed by atoms with Crippen LogP contribution in [0.3, 0.4) is 0 Å². The molecule has 0 amide bonds. The van der Waals surface area contributed by atoms with E-state index in [-0.39, 0.29) is 0 Å². The third-order valence-electron chi connectivity index (χ3n) is 4.03. The number of rotatable bonds is 9. The van der Waals surface area contributed by atoms with Crippen molar-refractivity contribution in [2.75, 3.05) is 19.6 Å². The zero-order valence-electron chi connectivity index (χ0n) is 13.3. The molecule has 2 rings (SSSR count). The molecule has 0 radical (unpaired) electrons. The van der Waals surface area contributed by atoms with Gasteiger partial charge < -0.3 is 4.90 Å². The van der Waals surface area contributed by atoms with Gasteiger partial charge in [0, 0.05) is 12.6 Å². The molecule has 1 aromatic rings. The van der Waals surface area contributed by atoms with E-state index >= 15 is 0 Å². The lowest BCUT2D eigenvalue weighted by Gasteiger charge is -2.34. The van der Waals surface area contributed by atoms with E-state index in [4.69, 9.17) is 0 Å². The Morgan fingerprint density at radius 2 is 1.81 bits per heavy atom. The smallest absolute Gasteiger partial charge is 0.145 e. The van der Waals surface area contributed by atoms with Crippen molar-refractivity contribution in [3.63, 3.8) is 0 Å². The Kier molecular flexibility index (Phi) is 5.78. The lowest BCUT2D eigenvalue weighted by Crippen LogP contribution is -2.51. The maximum atomic E-state index is 9.95. The molecule has 21 heavy (non-hydrogen) atoms. The van der Waals surface area contributed by atoms with Gasteiger partial charge in [-0.2, -0.15) is 5.26 Å². The fourth-order valence-corrected chi connectivity index (χ4v) is 2.89. The molecule has 1 saturated carbocycles. The fourth-order valence-electron chi connectivity index (χ4n) is 2.89. The zero-order valence-corrected chi connectivity index (χ0v) is 13.3. The van der Waals surface area contributed by atoms with Crippen molar-refractivity contribution >= 4 is 0 Å². The van der Waals surface area contributed by atoms with Gasteiger partial charge in [-0.3, -0.25) is 5.32 Å². The van der Waals surface area contributed by atoms with Crippen molar-refractivity contribution in [2.45, 2.75) is 51.1 Å². The molecular weight excluding hydrogens is 258 g/mol. The minimum Gasteiger partial charge on any atom is -0.300 e. The summed E-state index contributed by atoms with van der Waals surface area (Å²) in [5.41, 5.74) is 0.517. The first-order chi connectivity index (χ1) is 10.2. The van der Waals surface area contributed by atoms with Crippen LogP contribution >= 0.6 is 0 Å². The molecule has 3 heteroatoms. The molecule has 1 aromatic carbocycles. The summed E-state index contributed by atoms with van der Waals surface area (Å²) >= 11 is 0. The van der Waals surface area contributed by atoms with Gasteiger partial charge in [-0.1, -0.05) is 44.2 Å². The predicted molar refractivity (Wildman–Crippen MR) is 86.9 cm³/mol. The van der Waals surface area contributed by atoms with Crippen LogP contribution in [0.15, 0.2) is 30.3 Å². The normalized spacial score (nSPS) is 17.4. The molecule has 1 unspecified atom stereocenters. The molecule has 1 atom stereocenters. The van der Waals surface area contributed by atoms with E-state index in [1.807, 2.05) is 18.2 Å². The number of nitriles is 1. The SMILES string of the molecule is CCCN(CCC)CC(C#N)(NC1CC1)c1ccccc1. The highest BCUT2D eigenvalue weighted by Crippen LogP contribution is 2.29. The van der Waals surface area contributed by atoms with E-state index in [9.17, 15) is 5.26 Å². The van der Waals surface area contributed by atoms with E-state index in [1.165, 1.54) is 12.8 Å². The molecule has 0 heterocycles. The van der Waals surface area contributed by atoms with Gasteiger partial charge in [0.15, 0.2) is 0 Å². The first kappa shape index (κ1) is 16.0. The Morgan fingerprint density at radius 3 is 2.29 bits per heavy atom. The van der Waals surface area contributed by atoms with Gasteiger partial charge in [0.2, 0.25) is 0 Å². The third kappa shape index (κ3) is 4.30. The molecule has 1 aliphatic carbocycles. The summed E-state index contributed by atoms with van der Waals surface area (Å²) < 4.78 is 0. The number of nitrogens with one attached hydrogen (secondary N) is 1. The average molecular weight is 285 g/mol. The van der Waals surface area contributed by atoms with Crippen molar-refractivity contribution in [3.05, 3.63) is 35.9 Å². The summed E-state index contributed by atoms with van der Waals surface area (Å²) in [4.78, 5) is 2.42. The summed E-state index contributed by atoms with van der Waals surface area (Å²) in [6.45, 7) is 7.28. The van der Waals surface area contributed by atoms with Gasteiger partial charge in [-0.15, -0.1) is 0 Å². The summed E-state index contributed by atoms with van der Waals surface area (Å²) in [7, 11) is 0. The quantitative estimate of drug-likeness (QED) is 0.757. The van der Waals surface area contributed by atoms with E-state index in [1.54, 1.807) is 0 Å². The molecule has 3 nitrogen and oxygen atoms in total. The van der Waals surface area contributed by atoms with Crippen molar-refractivity contribution in [1.82, 2.24) is 10.2 Å². The maximum Gasteiger partial charge on any atom is 0.145 e. The van der Waals surface area contributed by atoms with Crippen LogP contribution in [0.25, 0.3) is 0 Å². The van der Waals surface area contributed by atoms with Gasteiger partial charge in [-0.25, -0.2) is 0 Å². The molecular formula is C18H27N3. The van der Waals surface area contributed by atoms with Gasteiger partial charge in [0.25, 0.3) is 0 Å². The van der Waals surface area contributed by atoms with Crippen LogP contribution in [0, 0.1) is 11.3 Å². The second kappa shape index (κ2) is 7.59. The molecule has 1 aliphatic rings. The fraction of sp³-hybridized carbons (Fsp3) is 0.611. The van der Waals surface area contributed by atoms with E-state index in [0.29, 0.717) is 6.04 Å². The average Bonchev–Trinajstić information content (AvgIpc) is 3.32. The molecule has 0 bridgehead atoms. The second-order valence-corrected chi connectivity index (χ2v) is 6.08. The van der Waals surface area contributed by atoms with Crippen molar-refractivity contribution in [2.24, 2.45) is 0 Å². The predicted octanol–water partition coefficient (Wildman–Crippen LogP) is 3.28. The number of hydrogen-bond acceptors (Lipinski definition) is 3. The molecule has 1 N–H and O–H groups in total. The standard InChI is InChI=1S/C18H27N3/c1-3-12-21(13-4-2)15-18(14-19,20-17-10-11-17)16-8-6-5-7-9-16/h5-9,17,20H,3-4,10-13,15H2,1-2H3. The Morgan fingerprint density at radius 1 is 1.19 bits per heavy atom. The summed E-state index contributed by atoms with van der Waals surface area (Å²) in [5.74, 6) is 0. The highest BCUT2D eigenvalue weighted by atomic mass is 15.2. The minimum atomic E-state index is -0.577. The molecule has 0 aromatic heterocycles. The van der Waals surface area contributed by atoms with Crippen LogP contribution in [-0.4, -0.2) is 30.6 Å². The Balaban J connectivity index is 2.23. The van der Waals surface area contributed by atoms with Gasteiger partial charge in [0.05, 0.1) is 6.07 Å². The minimum absolute atomic E-state index is 0.509. The number of nitrogens with zero attached hydrogens (tertiary/aromatic N) is 2. The van der Waals surface area contributed by atoms with Gasteiger partial charge in [-0.05, 0) is 44.3 Å². The monoisotopic (exact) mass is 285 g/mol. The Hall–Kier alpha value is -1.37. The van der Waals surface area contributed by atoms with Crippen LogP contribution in [0.4, 0.5) is 0 Å². The highest BCUT2D eigenvalue weighted by Gasteiger charge is 2.39. The summed E-state index contributed by atoms with van der Waals surface area (Å²) in [6.07, 6.45) is 4.63. The lowest BCUT2D eigenvalue weighted by atomic mass is 9.90. The Bertz CT molecular complexity index is 455. The first-order valence-electron chi connectivity index (χ1n) is 8.21. The van der Waals surface area contributed by atoms with E-state index in [0.717, 1.165) is 38.0 Å². The van der Waals surface area contributed by atoms with Crippen molar-refractivity contribution in [1.29, 1.82) is 5.26 Å². The molecule has 0 spiro atoms. The summed E-state index contributed by atoms with van der Waals surface area (Å²) in [5, 5.41) is 13.6.